The first-order valence-electron chi connectivity index (χ1n) is 5.97. The Bertz CT molecular complexity index is 747. The molecule has 0 fully saturated rings. The molecule has 0 unspecified atom stereocenters. The summed E-state index contributed by atoms with van der Waals surface area (Å²) in [5, 5.41) is 4.28. The Morgan fingerprint density at radius 1 is 1.40 bits per heavy atom. The van der Waals surface area contributed by atoms with Crippen molar-refractivity contribution < 1.29 is 8.42 Å². The Labute approximate surface area is 131 Å². The molecule has 0 saturated heterocycles. The molecule has 5 nitrogen and oxygen atoms in total. The van der Waals surface area contributed by atoms with Gasteiger partial charge in [0.1, 0.15) is 0 Å². The van der Waals surface area contributed by atoms with E-state index in [-0.39, 0.29) is 6.54 Å². The first kappa shape index (κ1) is 15.7. The monoisotopic (exact) mass is 377 g/mol. The van der Waals surface area contributed by atoms with E-state index in [0.29, 0.717) is 4.90 Å². The van der Waals surface area contributed by atoms with Crippen LogP contribution in [0, 0.1) is 20.8 Å². The van der Waals surface area contributed by atoms with E-state index in [4.69, 9.17) is 0 Å². The summed E-state index contributed by atoms with van der Waals surface area (Å²) < 4.78 is 29.8. The third-order valence-electron chi connectivity index (χ3n) is 3.23. The highest BCUT2D eigenvalue weighted by Gasteiger charge is 2.20. The highest BCUT2D eigenvalue weighted by Crippen LogP contribution is 2.29. The van der Waals surface area contributed by atoms with Crippen LogP contribution in [0.1, 0.15) is 21.8 Å². The van der Waals surface area contributed by atoms with Crippen molar-refractivity contribution >= 4 is 37.3 Å². The van der Waals surface area contributed by atoms with Gasteiger partial charge in [0.25, 0.3) is 0 Å². The number of nitrogens with one attached hydrogen (secondary N) is 1. The van der Waals surface area contributed by atoms with Crippen LogP contribution in [0.4, 0.5) is 0 Å². The lowest BCUT2D eigenvalue weighted by molar-refractivity contribution is 0.581. The number of sulfonamides is 1. The van der Waals surface area contributed by atoms with Crippen molar-refractivity contribution in [3.05, 3.63) is 31.7 Å². The molecule has 0 aromatic carbocycles. The quantitative estimate of drug-likeness (QED) is 0.890. The molecule has 2 aromatic rings. The van der Waals surface area contributed by atoms with Gasteiger partial charge in [0.05, 0.1) is 14.4 Å². The minimum absolute atomic E-state index is 0.251. The predicted octanol–water partition coefficient (Wildman–Crippen LogP) is 2.65. The number of thiophene rings is 1. The smallest absolute Gasteiger partial charge is 0.242 e. The van der Waals surface area contributed by atoms with Crippen LogP contribution < -0.4 is 4.72 Å². The summed E-state index contributed by atoms with van der Waals surface area (Å²) in [6.45, 7) is 5.85. The molecule has 0 aliphatic heterocycles. The number of nitrogens with zero attached hydrogens (tertiary/aromatic N) is 2. The van der Waals surface area contributed by atoms with Gasteiger partial charge in [-0.1, -0.05) is 0 Å². The van der Waals surface area contributed by atoms with Crippen LogP contribution in [0.2, 0.25) is 0 Å². The minimum atomic E-state index is -3.50. The van der Waals surface area contributed by atoms with Crippen molar-refractivity contribution in [2.75, 3.05) is 0 Å². The molecule has 0 atom stereocenters. The molecule has 2 aromatic heterocycles. The van der Waals surface area contributed by atoms with Crippen molar-refractivity contribution in [2.24, 2.45) is 7.05 Å². The number of aryl methyl sites for hydroxylation is 3. The largest absolute Gasteiger partial charge is 0.272 e. The van der Waals surface area contributed by atoms with Gasteiger partial charge in [0.2, 0.25) is 10.0 Å². The Morgan fingerprint density at radius 3 is 2.50 bits per heavy atom. The average Bonchev–Trinajstić information content (AvgIpc) is 2.79. The van der Waals surface area contributed by atoms with E-state index in [1.54, 1.807) is 17.7 Å². The molecular formula is C12H16BrN3O2S2. The van der Waals surface area contributed by atoms with Gasteiger partial charge in [0.15, 0.2) is 0 Å². The fourth-order valence-corrected chi connectivity index (χ4v) is 5.42. The number of hydrogen-bond donors (Lipinski definition) is 1. The Hall–Kier alpha value is -0.700. The molecule has 2 rings (SSSR count). The van der Waals surface area contributed by atoms with Crippen LogP contribution in [0.25, 0.3) is 0 Å². The Balaban J connectivity index is 2.24. The average molecular weight is 378 g/mol. The van der Waals surface area contributed by atoms with Crippen LogP contribution >= 0.6 is 27.3 Å². The van der Waals surface area contributed by atoms with Crippen molar-refractivity contribution in [1.82, 2.24) is 14.5 Å². The third kappa shape index (κ3) is 2.98. The Morgan fingerprint density at radius 2 is 2.05 bits per heavy atom. The maximum atomic E-state index is 12.3. The van der Waals surface area contributed by atoms with Gasteiger partial charge in [-0.2, -0.15) is 5.10 Å². The highest BCUT2D eigenvalue weighted by atomic mass is 79.9. The molecule has 0 saturated carbocycles. The predicted molar refractivity (Wildman–Crippen MR) is 83.5 cm³/mol. The molecule has 0 aliphatic rings. The first-order valence-corrected chi connectivity index (χ1v) is 9.06. The second kappa shape index (κ2) is 5.59. The fraction of sp³-hybridized carbons (Fsp3) is 0.417. The van der Waals surface area contributed by atoms with E-state index in [2.05, 4.69) is 25.8 Å². The van der Waals surface area contributed by atoms with E-state index >= 15 is 0 Å². The summed E-state index contributed by atoms with van der Waals surface area (Å²) >= 11 is 4.72. The summed E-state index contributed by atoms with van der Waals surface area (Å²) in [6.07, 6.45) is 0. The van der Waals surface area contributed by atoms with Crippen molar-refractivity contribution in [3.63, 3.8) is 0 Å². The zero-order chi connectivity index (χ0) is 15.1. The molecule has 0 radical (unpaired) electrons. The van der Waals surface area contributed by atoms with E-state index in [0.717, 1.165) is 25.6 Å². The maximum absolute atomic E-state index is 12.3. The zero-order valence-corrected chi connectivity index (χ0v) is 14.9. The summed E-state index contributed by atoms with van der Waals surface area (Å²) in [6, 6.07) is 1.63. The maximum Gasteiger partial charge on any atom is 0.242 e. The molecule has 20 heavy (non-hydrogen) atoms. The SMILES string of the molecule is Cc1nn(C)c(C)c1CNS(=O)(=O)c1cc(Br)sc1C. The second-order valence-corrected chi connectivity index (χ2v) is 8.94. The third-order valence-corrected chi connectivity index (χ3v) is 6.44. The first-order chi connectivity index (χ1) is 9.22. The molecule has 110 valence electrons. The van der Waals surface area contributed by atoms with Gasteiger partial charge in [0, 0.05) is 29.7 Å². The molecule has 0 amide bonds. The van der Waals surface area contributed by atoms with E-state index in [1.165, 1.54) is 11.3 Å². The summed E-state index contributed by atoms with van der Waals surface area (Å²) in [7, 11) is -1.65. The van der Waals surface area contributed by atoms with Crippen LogP contribution in [0.5, 0.6) is 0 Å². The van der Waals surface area contributed by atoms with E-state index < -0.39 is 10.0 Å². The lowest BCUT2D eigenvalue weighted by atomic mass is 10.2. The fourth-order valence-electron chi connectivity index (χ4n) is 2.02. The van der Waals surface area contributed by atoms with Gasteiger partial charge in [-0.25, -0.2) is 13.1 Å². The molecular weight excluding hydrogens is 362 g/mol. The normalized spacial score (nSPS) is 12.1. The van der Waals surface area contributed by atoms with Gasteiger partial charge < -0.3 is 0 Å². The lowest BCUT2D eigenvalue weighted by Crippen LogP contribution is -2.24. The Kier molecular flexibility index (Phi) is 4.38. The molecule has 1 N–H and O–H groups in total. The van der Waals surface area contributed by atoms with Crippen LogP contribution in [-0.4, -0.2) is 18.2 Å². The summed E-state index contributed by atoms with van der Waals surface area (Å²) in [4.78, 5) is 1.09. The van der Waals surface area contributed by atoms with Gasteiger partial charge in [-0.05, 0) is 42.8 Å². The topological polar surface area (TPSA) is 64.0 Å². The van der Waals surface area contributed by atoms with E-state index in [9.17, 15) is 8.42 Å². The van der Waals surface area contributed by atoms with Crippen molar-refractivity contribution in [1.29, 1.82) is 0 Å². The lowest BCUT2D eigenvalue weighted by Gasteiger charge is -2.06. The zero-order valence-electron chi connectivity index (χ0n) is 11.7. The van der Waals surface area contributed by atoms with Gasteiger partial charge in [-0.3, -0.25) is 4.68 Å². The number of aromatic nitrogens is 2. The standard InChI is InChI=1S/C12H16BrN3O2S2/c1-7-10(8(2)16(4)15-7)6-14-20(17,18)11-5-12(13)19-9(11)3/h5,14H,6H2,1-4H3. The summed E-state index contributed by atoms with van der Waals surface area (Å²) in [5.41, 5.74) is 2.73. The van der Waals surface area contributed by atoms with Gasteiger partial charge in [-0.15, -0.1) is 11.3 Å². The molecule has 0 spiro atoms. The van der Waals surface area contributed by atoms with Crippen LogP contribution in [0.15, 0.2) is 14.7 Å². The summed E-state index contributed by atoms with van der Waals surface area (Å²) in [5.74, 6) is 0. The number of halogens is 1. The van der Waals surface area contributed by atoms with Gasteiger partial charge >= 0.3 is 0 Å². The molecule has 8 heteroatoms. The minimum Gasteiger partial charge on any atom is -0.272 e. The van der Waals surface area contributed by atoms with Crippen LogP contribution in [-0.2, 0) is 23.6 Å². The molecule has 0 aliphatic carbocycles. The van der Waals surface area contributed by atoms with Crippen molar-refractivity contribution in [2.45, 2.75) is 32.2 Å². The number of hydrogen-bond acceptors (Lipinski definition) is 4. The second-order valence-electron chi connectivity index (χ2n) is 4.57. The van der Waals surface area contributed by atoms with E-state index in [1.807, 2.05) is 20.9 Å². The molecule has 0 bridgehead atoms. The highest BCUT2D eigenvalue weighted by molar-refractivity contribution is 9.11. The molecule has 2 heterocycles. The number of rotatable bonds is 4. The van der Waals surface area contributed by atoms with Crippen molar-refractivity contribution in [3.8, 4) is 0 Å². The van der Waals surface area contributed by atoms with Crippen LogP contribution in [0.3, 0.4) is 0 Å².